The highest BCUT2D eigenvalue weighted by atomic mass is 32.2. The fourth-order valence-electron chi connectivity index (χ4n) is 2.06. The number of benzene rings is 1. The van der Waals surface area contributed by atoms with Gasteiger partial charge in [0.15, 0.2) is 0 Å². The third kappa shape index (κ3) is 3.67. The summed E-state index contributed by atoms with van der Waals surface area (Å²) >= 11 is 0. The summed E-state index contributed by atoms with van der Waals surface area (Å²) < 4.78 is 27.5. The van der Waals surface area contributed by atoms with Crippen LogP contribution in [0, 0.1) is 17.0 Å². The lowest BCUT2D eigenvalue weighted by molar-refractivity contribution is -0.385. The topological polar surface area (TPSA) is 115 Å². The zero-order valence-electron chi connectivity index (χ0n) is 13.8. The molecule has 8 nitrogen and oxygen atoms in total. The molecule has 0 spiro atoms. The van der Waals surface area contributed by atoms with Gasteiger partial charge < -0.3 is 0 Å². The first-order valence-electron chi connectivity index (χ1n) is 7.13. The van der Waals surface area contributed by atoms with Crippen LogP contribution < -0.4 is 4.72 Å². The Morgan fingerprint density at radius 3 is 2.46 bits per heavy atom. The summed E-state index contributed by atoms with van der Waals surface area (Å²) in [6.07, 6.45) is 1.46. The van der Waals surface area contributed by atoms with Crippen LogP contribution in [0.25, 0.3) is 0 Å². The molecule has 1 aromatic carbocycles. The number of sulfonamides is 1. The van der Waals surface area contributed by atoms with Crippen molar-refractivity contribution in [1.29, 1.82) is 0 Å². The molecule has 0 aliphatic heterocycles. The van der Waals surface area contributed by atoms with Gasteiger partial charge in [-0.25, -0.2) is 18.4 Å². The Bertz CT molecular complexity index is 889. The highest BCUT2D eigenvalue weighted by Crippen LogP contribution is 2.26. The summed E-state index contributed by atoms with van der Waals surface area (Å²) in [5, 5.41) is 11.0. The molecule has 0 aliphatic rings. The summed E-state index contributed by atoms with van der Waals surface area (Å²) in [7, 11) is -4.01. The van der Waals surface area contributed by atoms with Gasteiger partial charge in [-0.05, 0) is 19.1 Å². The van der Waals surface area contributed by atoms with Crippen molar-refractivity contribution in [2.24, 2.45) is 0 Å². The molecule has 24 heavy (non-hydrogen) atoms. The molecule has 2 rings (SSSR count). The number of rotatable bonds is 4. The minimum absolute atomic E-state index is 0.0695. The number of nitrogens with zero attached hydrogens (tertiary/aromatic N) is 3. The number of nitro benzene ring substituents is 1. The average molecular weight is 350 g/mol. The summed E-state index contributed by atoms with van der Waals surface area (Å²) in [5.74, 6) is 0.597. The average Bonchev–Trinajstić information content (AvgIpc) is 2.45. The number of hydrogen-bond donors (Lipinski definition) is 1. The molecular weight excluding hydrogens is 332 g/mol. The van der Waals surface area contributed by atoms with Gasteiger partial charge in [0.1, 0.15) is 11.6 Å². The molecule has 0 saturated carbocycles. The standard InChI is InChI=1S/C15H18N4O4S/c1-10-11(19(20)21)6-5-7-12(10)24(22,23)18-13-8-9-16-14(17-13)15(2,3)4/h5-9H,1-4H3,(H,16,17,18). The van der Waals surface area contributed by atoms with E-state index < -0.39 is 14.9 Å². The second-order valence-corrected chi connectivity index (χ2v) is 7.93. The van der Waals surface area contributed by atoms with Crippen molar-refractivity contribution >= 4 is 21.5 Å². The van der Waals surface area contributed by atoms with Crippen LogP contribution in [-0.4, -0.2) is 23.3 Å². The molecule has 1 heterocycles. The molecule has 1 N–H and O–H groups in total. The van der Waals surface area contributed by atoms with Gasteiger partial charge in [-0.15, -0.1) is 0 Å². The molecule has 0 radical (unpaired) electrons. The molecule has 0 saturated heterocycles. The Balaban J connectivity index is 2.44. The third-order valence-corrected chi connectivity index (χ3v) is 4.81. The van der Waals surface area contributed by atoms with Crippen LogP contribution in [0.2, 0.25) is 0 Å². The van der Waals surface area contributed by atoms with E-state index in [1.807, 2.05) is 20.8 Å². The smallest absolute Gasteiger partial charge is 0.263 e. The van der Waals surface area contributed by atoms with Crippen LogP contribution in [0.15, 0.2) is 35.4 Å². The van der Waals surface area contributed by atoms with E-state index in [9.17, 15) is 18.5 Å². The second-order valence-electron chi connectivity index (χ2n) is 6.28. The molecular formula is C15H18N4O4S. The van der Waals surface area contributed by atoms with E-state index in [1.54, 1.807) is 0 Å². The Morgan fingerprint density at radius 1 is 1.21 bits per heavy atom. The third-order valence-electron chi connectivity index (χ3n) is 3.31. The SMILES string of the molecule is Cc1c([N+](=O)[O-])cccc1S(=O)(=O)Nc1ccnc(C(C)(C)C)n1. The van der Waals surface area contributed by atoms with E-state index in [0.29, 0.717) is 5.82 Å². The van der Waals surface area contributed by atoms with Gasteiger partial charge in [-0.2, -0.15) is 0 Å². The zero-order chi connectivity index (χ0) is 18.1. The van der Waals surface area contributed by atoms with E-state index in [2.05, 4.69) is 14.7 Å². The van der Waals surface area contributed by atoms with Gasteiger partial charge in [0, 0.05) is 23.2 Å². The van der Waals surface area contributed by atoms with Crippen molar-refractivity contribution in [1.82, 2.24) is 9.97 Å². The first-order valence-corrected chi connectivity index (χ1v) is 8.61. The number of nitrogens with one attached hydrogen (secondary N) is 1. The monoisotopic (exact) mass is 350 g/mol. The zero-order valence-corrected chi connectivity index (χ0v) is 14.6. The summed E-state index contributed by atoms with van der Waals surface area (Å²) in [5.41, 5.74) is -0.529. The van der Waals surface area contributed by atoms with E-state index in [0.717, 1.165) is 0 Å². The Hall–Kier alpha value is -2.55. The molecule has 0 bridgehead atoms. The maximum absolute atomic E-state index is 12.6. The molecule has 0 unspecified atom stereocenters. The van der Waals surface area contributed by atoms with Crippen molar-refractivity contribution in [3.63, 3.8) is 0 Å². The largest absolute Gasteiger partial charge is 0.273 e. The van der Waals surface area contributed by atoms with Gasteiger partial charge in [-0.1, -0.05) is 26.8 Å². The first kappa shape index (κ1) is 17.8. The fourth-order valence-corrected chi connectivity index (χ4v) is 3.33. The van der Waals surface area contributed by atoms with Crippen molar-refractivity contribution in [2.75, 3.05) is 4.72 Å². The van der Waals surface area contributed by atoms with Crippen LogP contribution in [0.4, 0.5) is 11.5 Å². The Kier molecular flexibility index (Phi) is 4.57. The molecule has 0 amide bonds. The highest BCUT2D eigenvalue weighted by molar-refractivity contribution is 7.92. The number of aromatic nitrogens is 2. The molecule has 9 heteroatoms. The minimum Gasteiger partial charge on any atom is -0.263 e. The lowest BCUT2D eigenvalue weighted by Crippen LogP contribution is -2.19. The fraction of sp³-hybridized carbons (Fsp3) is 0.333. The second kappa shape index (κ2) is 6.16. The predicted octanol–water partition coefficient (Wildman–Crippen LogP) is 2.79. The van der Waals surface area contributed by atoms with Crippen LogP contribution in [0.5, 0.6) is 0 Å². The predicted molar refractivity (Wildman–Crippen MR) is 89.4 cm³/mol. The van der Waals surface area contributed by atoms with E-state index in [1.165, 1.54) is 37.4 Å². The number of hydrogen-bond acceptors (Lipinski definition) is 6. The van der Waals surface area contributed by atoms with Crippen LogP contribution >= 0.6 is 0 Å². The Labute approximate surface area is 140 Å². The van der Waals surface area contributed by atoms with Gasteiger partial charge >= 0.3 is 0 Å². The minimum atomic E-state index is -4.01. The maximum atomic E-state index is 12.6. The van der Waals surface area contributed by atoms with Crippen molar-refractivity contribution in [3.05, 3.63) is 52.0 Å². The molecule has 0 atom stereocenters. The van der Waals surface area contributed by atoms with Crippen molar-refractivity contribution in [2.45, 2.75) is 38.0 Å². The lowest BCUT2D eigenvalue weighted by Gasteiger charge is -2.17. The Morgan fingerprint density at radius 2 is 1.88 bits per heavy atom. The molecule has 0 fully saturated rings. The summed E-state index contributed by atoms with van der Waals surface area (Å²) in [4.78, 5) is 18.5. The van der Waals surface area contributed by atoms with Gasteiger partial charge in [0.05, 0.1) is 9.82 Å². The van der Waals surface area contributed by atoms with Crippen LogP contribution in [0.3, 0.4) is 0 Å². The highest BCUT2D eigenvalue weighted by Gasteiger charge is 2.24. The lowest BCUT2D eigenvalue weighted by atomic mass is 9.96. The van der Waals surface area contributed by atoms with E-state index in [-0.39, 0.29) is 27.4 Å². The van der Waals surface area contributed by atoms with Gasteiger partial charge in [-0.3, -0.25) is 14.8 Å². The molecule has 1 aromatic heterocycles. The normalized spacial score (nSPS) is 12.0. The maximum Gasteiger partial charge on any atom is 0.273 e. The van der Waals surface area contributed by atoms with Gasteiger partial charge in [0.2, 0.25) is 0 Å². The molecule has 128 valence electrons. The van der Waals surface area contributed by atoms with Crippen molar-refractivity contribution in [3.8, 4) is 0 Å². The molecule has 2 aromatic rings. The summed E-state index contributed by atoms with van der Waals surface area (Å²) in [6.45, 7) is 7.12. The molecule has 0 aliphatic carbocycles. The summed E-state index contributed by atoms with van der Waals surface area (Å²) in [6, 6.07) is 5.34. The quantitative estimate of drug-likeness (QED) is 0.669. The van der Waals surface area contributed by atoms with Crippen LogP contribution in [0.1, 0.15) is 32.2 Å². The van der Waals surface area contributed by atoms with Crippen LogP contribution in [-0.2, 0) is 15.4 Å². The number of nitro groups is 1. The van der Waals surface area contributed by atoms with Gasteiger partial charge in [0.25, 0.3) is 15.7 Å². The first-order chi connectivity index (χ1) is 11.0. The van der Waals surface area contributed by atoms with E-state index in [4.69, 9.17) is 0 Å². The number of anilines is 1. The van der Waals surface area contributed by atoms with Crippen molar-refractivity contribution < 1.29 is 13.3 Å². The van der Waals surface area contributed by atoms with E-state index >= 15 is 0 Å².